The Bertz CT molecular complexity index is 225. The second-order valence-electron chi connectivity index (χ2n) is 3.09. The minimum atomic E-state index is -0.335. The van der Waals surface area contributed by atoms with E-state index in [4.69, 9.17) is 0 Å². The average molecular weight is 169 g/mol. The van der Waals surface area contributed by atoms with E-state index < -0.39 is 0 Å². The van der Waals surface area contributed by atoms with Crippen molar-refractivity contribution in [1.82, 2.24) is 15.5 Å². The summed E-state index contributed by atoms with van der Waals surface area (Å²) in [7, 11) is 0. The normalized spacial score (nSPS) is 27.5. The molecule has 5 heteroatoms. The molecule has 0 bridgehead atoms. The standard InChI is InChI=1S/C7H11N3O2/c11-6(10-2-1-3-10)5-4-8-7(12)9-5/h5H,1-4H2,(H2,8,9,12)/t5-/m0/s1. The zero-order chi connectivity index (χ0) is 8.55. The molecule has 0 unspecified atom stereocenters. The number of carbonyl (C=O) groups is 2. The maximum absolute atomic E-state index is 11.4. The van der Waals surface area contributed by atoms with E-state index in [0.717, 1.165) is 19.5 Å². The third-order valence-electron chi connectivity index (χ3n) is 2.24. The molecular formula is C7H11N3O2. The van der Waals surface area contributed by atoms with Crippen LogP contribution in [0.3, 0.4) is 0 Å². The summed E-state index contributed by atoms with van der Waals surface area (Å²) < 4.78 is 0. The van der Waals surface area contributed by atoms with Crippen LogP contribution < -0.4 is 10.6 Å². The molecule has 0 aromatic carbocycles. The predicted octanol–water partition coefficient (Wildman–Crippen LogP) is -1.10. The Kier molecular flexibility index (Phi) is 1.64. The van der Waals surface area contributed by atoms with E-state index in [2.05, 4.69) is 10.6 Å². The number of amides is 3. The average Bonchev–Trinajstić information content (AvgIpc) is 2.31. The minimum absolute atomic E-state index is 0.0413. The number of nitrogens with one attached hydrogen (secondary N) is 2. The van der Waals surface area contributed by atoms with E-state index in [9.17, 15) is 9.59 Å². The molecule has 0 saturated carbocycles. The lowest BCUT2D eigenvalue weighted by atomic mass is 10.1. The molecule has 12 heavy (non-hydrogen) atoms. The minimum Gasteiger partial charge on any atom is -0.341 e. The van der Waals surface area contributed by atoms with Gasteiger partial charge in [-0.25, -0.2) is 4.79 Å². The van der Waals surface area contributed by atoms with Gasteiger partial charge in [0, 0.05) is 19.6 Å². The molecule has 0 aromatic heterocycles. The molecule has 0 radical (unpaired) electrons. The molecule has 2 aliphatic rings. The third-order valence-corrected chi connectivity index (χ3v) is 2.24. The van der Waals surface area contributed by atoms with E-state index >= 15 is 0 Å². The number of likely N-dealkylation sites (tertiary alicyclic amines) is 1. The van der Waals surface area contributed by atoms with Gasteiger partial charge in [-0.2, -0.15) is 0 Å². The van der Waals surface area contributed by atoms with Gasteiger partial charge in [-0.1, -0.05) is 0 Å². The number of nitrogens with zero attached hydrogens (tertiary/aromatic N) is 1. The van der Waals surface area contributed by atoms with Crippen LogP contribution in [0.4, 0.5) is 4.79 Å². The quantitative estimate of drug-likeness (QED) is 0.523. The van der Waals surface area contributed by atoms with Crippen LogP contribution in [0.2, 0.25) is 0 Å². The van der Waals surface area contributed by atoms with Crippen molar-refractivity contribution in [2.24, 2.45) is 0 Å². The molecule has 0 aliphatic carbocycles. The van der Waals surface area contributed by atoms with Gasteiger partial charge >= 0.3 is 6.03 Å². The van der Waals surface area contributed by atoms with Crippen LogP contribution in [0.1, 0.15) is 6.42 Å². The molecule has 2 fully saturated rings. The van der Waals surface area contributed by atoms with Gasteiger partial charge in [0.15, 0.2) is 0 Å². The van der Waals surface area contributed by atoms with Gasteiger partial charge < -0.3 is 15.5 Å². The molecule has 5 nitrogen and oxygen atoms in total. The monoisotopic (exact) mass is 169 g/mol. The first-order valence-electron chi connectivity index (χ1n) is 4.10. The Morgan fingerprint density at radius 2 is 2.25 bits per heavy atom. The van der Waals surface area contributed by atoms with E-state index in [1.165, 1.54) is 0 Å². The Morgan fingerprint density at radius 1 is 1.50 bits per heavy atom. The number of rotatable bonds is 1. The van der Waals surface area contributed by atoms with Crippen LogP contribution >= 0.6 is 0 Å². The fraction of sp³-hybridized carbons (Fsp3) is 0.714. The second-order valence-corrected chi connectivity index (χ2v) is 3.09. The zero-order valence-electron chi connectivity index (χ0n) is 6.67. The third kappa shape index (κ3) is 1.11. The maximum atomic E-state index is 11.4. The van der Waals surface area contributed by atoms with Gasteiger partial charge in [0.2, 0.25) is 5.91 Å². The number of hydrogen-bond acceptors (Lipinski definition) is 2. The highest BCUT2D eigenvalue weighted by atomic mass is 16.2. The largest absolute Gasteiger partial charge is 0.341 e. The highest BCUT2D eigenvalue weighted by molar-refractivity contribution is 5.90. The molecule has 2 saturated heterocycles. The van der Waals surface area contributed by atoms with Crippen molar-refractivity contribution in [3.05, 3.63) is 0 Å². The van der Waals surface area contributed by atoms with Crippen molar-refractivity contribution in [3.63, 3.8) is 0 Å². The number of urea groups is 1. The van der Waals surface area contributed by atoms with Crippen molar-refractivity contribution in [1.29, 1.82) is 0 Å². The summed E-state index contributed by atoms with van der Waals surface area (Å²) in [6.45, 7) is 2.10. The van der Waals surface area contributed by atoms with Crippen LogP contribution in [0.25, 0.3) is 0 Å². The predicted molar refractivity (Wildman–Crippen MR) is 41.5 cm³/mol. The van der Waals surface area contributed by atoms with Gasteiger partial charge in [-0.05, 0) is 6.42 Å². The molecule has 2 rings (SSSR count). The van der Waals surface area contributed by atoms with Crippen molar-refractivity contribution in [3.8, 4) is 0 Å². The lowest BCUT2D eigenvalue weighted by molar-refractivity contribution is -0.136. The molecule has 2 heterocycles. The summed E-state index contributed by atoms with van der Waals surface area (Å²) in [5.74, 6) is 0.0413. The zero-order valence-corrected chi connectivity index (χ0v) is 6.67. The summed E-state index contributed by atoms with van der Waals surface area (Å²) in [4.78, 5) is 23.9. The Morgan fingerprint density at radius 3 is 2.67 bits per heavy atom. The first-order valence-corrected chi connectivity index (χ1v) is 4.10. The van der Waals surface area contributed by atoms with Gasteiger partial charge in [0.1, 0.15) is 6.04 Å². The van der Waals surface area contributed by atoms with Crippen molar-refractivity contribution < 1.29 is 9.59 Å². The van der Waals surface area contributed by atoms with E-state index in [-0.39, 0.29) is 18.0 Å². The highest BCUT2D eigenvalue weighted by Gasteiger charge is 2.32. The molecule has 1 atom stereocenters. The lowest BCUT2D eigenvalue weighted by Gasteiger charge is -2.32. The van der Waals surface area contributed by atoms with E-state index in [0.29, 0.717) is 6.54 Å². The van der Waals surface area contributed by atoms with Gasteiger partial charge in [0.05, 0.1) is 0 Å². The van der Waals surface area contributed by atoms with Crippen LogP contribution in [0, 0.1) is 0 Å². The summed E-state index contributed by atoms with van der Waals surface area (Å²) >= 11 is 0. The summed E-state index contributed by atoms with van der Waals surface area (Å²) in [5, 5.41) is 5.12. The lowest BCUT2D eigenvalue weighted by Crippen LogP contribution is -2.51. The summed E-state index contributed by atoms with van der Waals surface area (Å²) in [6, 6.07) is -0.577. The molecule has 0 spiro atoms. The van der Waals surface area contributed by atoms with Gasteiger partial charge in [0.25, 0.3) is 0 Å². The SMILES string of the molecule is O=C1NC[C@@H](C(=O)N2CCC2)N1. The van der Waals surface area contributed by atoms with Crippen molar-refractivity contribution in [2.45, 2.75) is 12.5 Å². The van der Waals surface area contributed by atoms with Crippen LogP contribution in [0.15, 0.2) is 0 Å². The molecule has 3 amide bonds. The molecular weight excluding hydrogens is 158 g/mol. The topological polar surface area (TPSA) is 61.4 Å². The maximum Gasteiger partial charge on any atom is 0.315 e. The summed E-state index contributed by atoms with van der Waals surface area (Å²) in [6.07, 6.45) is 1.08. The van der Waals surface area contributed by atoms with Crippen LogP contribution in [0.5, 0.6) is 0 Å². The Balaban J connectivity index is 1.91. The molecule has 0 aromatic rings. The second kappa shape index (κ2) is 2.66. The Labute approximate surface area is 70.1 Å². The van der Waals surface area contributed by atoms with Crippen LogP contribution in [-0.4, -0.2) is 42.5 Å². The van der Waals surface area contributed by atoms with Gasteiger partial charge in [-0.15, -0.1) is 0 Å². The van der Waals surface area contributed by atoms with Crippen molar-refractivity contribution in [2.75, 3.05) is 19.6 Å². The first-order chi connectivity index (χ1) is 5.77. The van der Waals surface area contributed by atoms with E-state index in [1.807, 2.05) is 0 Å². The molecule has 2 aliphatic heterocycles. The summed E-state index contributed by atoms with van der Waals surface area (Å²) in [5.41, 5.74) is 0. The fourth-order valence-corrected chi connectivity index (χ4v) is 1.36. The van der Waals surface area contributed by atoms with Crippen LogP contribution in [-0.2, 0) is 4.79 Å². The smallest absolute Gasteiger partial charge is 0.315 e. The fourth-order valence-electron chi connectivity index (χ4n) is 1.36. The highest BCUT2D eigenvalue weighted by Crippen LogP contribution is 2.08. The Hall–Kier alpha value is -1.26. The number of hydrogen-bond donors (Lipinski definition) is 2. The molecule has 66 valence electrons. The van der Waals surface area contributed by atoms with E-state index in [1.54, 1.807) is 4.90 Å². The molecule has 2 N–H and O–H groups in total. The van der Waals surface area contributed by atoms with Crippen molar-refractivity contribution >= 4 is 11.9 Å². The number of carbonyl (C=O) groups excluding carboxylic acids is 2. The first kappa shape index (κ1) is 7.39. The van der Waals surface area contributed by atoms with Gasteiger partial charge in [-0.3, -0.25) is 4.79 Å².